The van der Waals surface area contributed by atoms with Crippen molar-refractivity contribution in [3.8, 4) is 0 Å². The molecule has 8 rings (SSSR count). The van der Waals surface area contributed by atoms with E-state index in [1.165, 1.54) is 77.2 Å². The van der Waals surface area contributed by atoms with Crippen LogP contribution in [-0.2, 0) is 18.3 Å². The highest BCUT2D eigenvalue weighted by Crippen LogP contribution is 2.61. The summed E-state index contributed by atoms with van der Waals surface area (Å²) in [6.07, 6.45) is 1.96. The van der Waals surface area contributed by atoms with E-state index < -0.39 is 5.41 Å². The summed E-state index contributed by atoms with van der Waals surface area (Å²) < 4.78 is 0. The molecule has 196 valence electrons. The van der Waals surface area contributed by atoms with Crippen LogP contribution in [0.2, 0.25) is 0 Å². The molecule has 0 aromatic heterocycles. The topological polar surface area (TPSA) is 0 Å². The van der Waals surface area contributed by atoms with Gasteiger partial charge < -0.3 is 0 Å². The van der Waals surface area contributed by atoms with Gasteiger partial charge in [0.1, 0.15) is 0 Å². The number of hydrogen-bond donors (Lipinski definition) is 0. The van der Waals surface area contributed by atoms with Gasteiger partial charge in [-0.1, -0.05) is 145 Å². The summed E-state index contributed by atoms with van der Waals surface area (Å²) in [5.74, 6) is 0. The third kappa shape index (κ3) is 3.40. The Hall–Kier alpha value is -4.68. The Kier molecular flexibility index (Phi) is 5.41. The van der Waals surface area contributed by atoms with Crippen LogP contribution in [0.3, 0.4) is 0 Å². The van der Waals surface area contributed by atoms with Crippen molar-refractivity contribution >= 4 is 32.7 Å². The first-order valence-corrected chi connectivity index (χ1v) is 14.7. The van der Waals surface area contributed by atoms with Gasteiger partial charge in [-0.25, -0.2) is 0 Å². The molecule has 0 saturated carbocycles. The molecule has 0 heterocycles. The van der Waals surface area contributed by atoms with Gasteiger partial charge in [0.2, 0.25) is 0 Å². The van der Waals surface area contributed by atoms with Crippen molar-refractivity contribution in [1.82, 2.24) is 0 Å². The van der Waals surface area contributed by atoms with Crippen LogP contribution in [-0.4, -0.2) is 0 Å². The van der Waals surface area contributed by atoms with Crippen LogP contribution in [0.15, 0.2) is 145 Å². The summed E-state index contributed by atoms with van der Waals surface area (Å²) >= 11 is 0. The van der Waals surface area contributed by atoms with E-state index in [0.717, 1.165) is 12.8 Å². The van der Waals surface area contributed by atoms with Crippen molar-refractivity contribution < 1.29 is 0 Å². The van der Waals surface area contributed by atoms with Crippen LogP contribution >= 0.6 is 0 Å². The average Bonchev–Trinajstić information content (AvgIpc) is 3.55. The molecule has 0 unspecified atom stereocenters. The number of hydrogen-bond acceptors (Lipinski definition) is 0. The molecule has 0 N–H and O–H groups in total. The highest BCUT2D eigenvalue weighted by atomic mass is 14.5. The van der Waals surface area contributed by atoms with Crippen LogP contribution in [0.4, 0.5) is 0 Å². The molecular formula is C41H32. The van der Waals surface area contributed by atoms with E-state index in [1.54, 1.807) is 0 Å². The summed E-state index contributed by atoms with van der Waals surface area (Å²) in [4.78, 5) is 0. The van der Waals surface area contributed by atoms with Crippen LogP contribution in [0.25, 0.3) is 32.7 Å². The van der Waals surface area contributed by atoms with Crippen molar-refractivity contribution in [3.63, 3.8) is 0 Å². The lowest BCUT2D eigenvalue weighted by molar-refractivity contribution is 0.854. The minimum atomic E-state index is -0.471. The first-order chi connectivity index (χ1) is 20.2. The van der Waals surface area contributed by atoms with Gasteiger partial charge in [-0.15, -0.1) is 0 Å². The van der Waals surface area contributed by atoms with E-state index in [4.69, 9.17) is 0 Å². The maximum atomic E-state index is 2.37. The second kappa shape index (κ2) is 9.18. The first-order valence-electron chi connectivity index (χ1n) is 14.7. The van der Waals surface area contributed by atoms with Gasteiger partial charge in [0.05, 0.1) is 5.41 Å². The van der Waals surface area contributed by atoms with Crippen molar-refractivity contribution in [2.45, 2.75) is 32.1 Å². The van der Waals surface area contributed by atoms with Crippen molar-refractivity contribution in [2.75, 3.05) is 0 Å². The van der Waals surface area contributed by atoms with Gasteiger partial charge in [0.15, 0.2) is 0 Å². The fourth-order valence-corrected chi connectivity index (χ4v) is 7.95. The zero-order valence-corrected chi connectivity index (χ0v) is 23.6. The Bertz CT molecular complexity index is 1890. The van der Waals surface area contributed by atoms with Crippen LogP contribution < -0.4 is 0 Å². The Morgan fingerprint density at radius 2 is 0.805 bits per heavy atom. The van der Waals surface area contributed by atoms with Gasteiger partial charge in [-0.2, -0.15) is 0 Å². The van der Waals surface area contributed by atoms with E-state index in [0.29, 0.717) is 0 Å². The predicted octanol–water partition coefficient (Wildman–Crippen LogP) is 10.3. The number of fused-ring (bicyclic) bond motifs is 6. The monoisotopic (exact) mass is 524 g/mol. The minimum Gasteiger partial charge on any atom is -0.0635 e. The van der Waals surface area contributed by atoms with Crippen molar-refractivity contribution in [3.05, 3.63) is 178 Å². The molecule has 0 atom stereocenters. The number of benzene rings is 6. The van der Waals surface area contributed by atoms with Gasteiger partial charge >= 0.3 is 0 Å². The molecule has 6 aromatic rings. The zero-order chi connectivity index (χ0) is 27.6. The second-order valence-corrected chi connectivity index (χ2v) is 11.8. The molecule has 2 aliphatic rings. The van der Waals surface area contributed by atoms with Gasteiger partial charge in [0.25, 0.3) is 0 Å². The highest BCUT2D eigenvalue weighted by Gasteiger charge is 2.49. The molecule has 0 radical (unpaired) electrons. The SMILES string of the molecule is CC1=C(C(C2=C(C)Cc3ccc4ccccc4c32)(c2ccccc2)c2ccccc2)c2c(ccc3ccccc23)C1. The Labute approximate surface area is 242 Å². The van der Waals surface area contributed by atoms with E-state index in [9.17, 15) is 0 Å². The Morgan fingerprint density at radius 3 is 1.24 bits per heavy atom. The Morgan fingerprint density at radius 1 is 0.415 bits per heavy atom. The maximum Gasteiger partial charge on any atom is 0.0712 e. The lowest BCUT2D eigenvalue weighted by atomic mass is 9.60. The molecule has 41 heavy (non-hydrogen) atoms. The van der Waals surface area contributed by atoms with Crippen LogP contribution in [0.1, 0.15) is 47.2 Å². The van der Waals surface area contributed by atoms with E-state index in [1.807, 2.05) is 0 Å². The maximum absolute atomic E-state index is 2.37. The molecule has 0 spiro atoms. The fraction of sp³-hybridized carbons (Fsp3) is 0.122. The quantitative estimate of drug-likeness (QED) is 0.215. The Balaban J connectivity index is 1.59. The third-order valence-electron chi connectivity index (χ3n) is 9.46. The summed E-state index contributed by atoms with van der Waals surface area (Å²) in [5, 5.41) is 5.30. The normalized spacial score (nSPS) is 14.7. The summed E-state index contributed by atoms with van der Waals surface area (Å²) in [6, 6.07) is 49.9. The van der Waals surface area contributed by atoms with Gasteiger partial charge in [-0.05, 0) is 92.8 Å². The summed E-state index contributed by atoms with van der Waals surface area (Å²) in [6.45, 7) is 4.75. The standard InChI is InChI=1S/C41H32/c1-27-25-31-23-21-29-13-9-11-19-35(29)37(31)39(27)41(33-15-5-3-6-16-33,34-17-7-4-8-18-34)40-28(2)26-32-24-22-30-14-10-12-20-36(30)38(32)40/h3-24H,25-26H2,1-2H3. The predicted molar refractivity (Wildman–Crippen MR) is 174 cm³/mol. The highest BCUT2D eigenvalue weighted by molar-refractivity contribution is 6.11. The molecule has 0 heteroatoms. The first kappa shape index (κ1) is 24.1. The van der Waals surface area contributed by atoms with Crippen LogP contribution in [0, 0.1) is 0 Å². The largest absolute Gasteiger partial charge is 0.0712 e. The van der Waals surface area contributed by atoms with Crippen molar-refractivity contribution in [2.24, 2.45) is 0 Å². The number of rotatable bonds is 4. The smallest absolute Gasteiger partial charge is 0.0635 e. The van der Waals surface area contributed by atoms with Gasteiger partial charge in [-0.3, -0.25) is 0 Å². The molecule has 0 amide bonds. The molecule has 0 fully saturated rings. The lowest BCUT2D eigenvalue weighted by Crippen LogP contribution is -2.32. The molecular weight excluding hydrogens is 492 g/mol. The van der Waals surface area contributed by atoms with E-state index in [-0.39, 0.29) is 0 Å². The van der Waals surface area contributed by atoms with Crippen molar-refractivity contribution in [1.29, 1.82) is 0 Å². The minimum absolute atomic E-state index is 0.471. The second-order valence-electron chi connectivity index (χ2n) is 11.8. The van der Waals surface area contributed by atoms with E-state index in [2.05, 4.69) is 147 Å². The van der Waals surface area contributed by atoms with E-state index >= 15 is 0 Å². The average molecular weight is 525 g/mol. The molecule has 2 aliphatic carbocycles. The molecule has 0 bridgehead atoms. The molecule has 0 saturated heterocycles. The molecule has 6 aromatic carbocycles. The molecule has 0 aliphatic heterocycles. The summed E-state index contributed by atoms with van der Waals surface area (Å²) in [7, 11) is 0. The molecule has 0 nitrogen and oxygen atoms in total. The number of allylic oxidation sites excluding steroid dienone is 4. The fourth-order valence-electron chi connectivity index (χ4n) is 7.95. The van der Waals surface area contributed by atoms with Gasteiger partial charge in [0, 0.05) is 0 Å². The van der Waals surface area contributed by atoms with Crippen LogP contribution in [0.5, 0.6) is 0 Å². The third-order valence-corrected chi connectivity index (χ3v) is 9.46. The lowest BCUT2D eigenvalue weighted by Gasteiger charge is -2.41. The zero-order valence-electron chi connectivity index (χ0n) is 23.6. The summed E-state index contributed by atoms with van der Waals surface area (Å²) in [5.41, 5.74) is 13.7.